The van der Waals surface area contributed by atoms with Crippen LogP contribution in [0.1, 0.15) is 58.1 Å². The fraction of sp³-hybridized carbons (Fsp3) is 0.481. The van der Waals surface area contributed by atoms with Gasteiger partial charge in [0.15, 0.2) is 5.75 Å². The SMILES string of the molecule is CCC(C)NC(=O)Oc1cc(-c2csc(-c3ccc(OC)cc3)n2)n(CC2CCCCC2)c1C. The van der Waals surface area contributed by atoms with Crippen LogP contribution in [0, 0.1) is 12.8 Å². The van der Waals surface area contributed by atoms with Gasteiger partial charge in [0.25, 0.3) is 0 Å². The van der Waals surface area contributed by atoms with Gasteiger partial charge in [-0.15, -0.1) is 11.3 Å². The van der Waals surface area contributed by atoms with Gasteiger partial charge in [0.1, 0.15) is 10.8 Å². The Bertz CT molecular complexity index is 1100. The highest BCUT2D eigenvalue weighted by Gasteiger charge is 2.23. The van der Waals surface area contributed by atoms with Gasteiger partial charge >= 0.3 is 6.09 Å². The van der Waals surface area contributed by atoms with E-state index in [9.17, 15) is 4.79 Å². The van der Waals surface area contributed by atoms with E-state index in [1.807, 2.05) is 51.1 Å². The van der Waals surface area contributed by atoms with E-state index in [4.69, 9.17) is 14.5 Å². The second-order valence-electron chi connectivity index (χ2n) is 9.20. The monoisotopic (exact) mass is 481 g/mol. The van der Waals surface area contributed by atoms with Gasteiger partial charge in [-0.2, -0.15) is 0 Å². The second-order valence-corrected chi connectivity index (χ2v) is 10.1. The number of carbonyl (C=O) groups is 1. The molecule has 1 aliphatic carbocycles. The molecule has 1 atom stereocenters. The molecule has 3 aromatic rings. The first kappa shape index (κ1) is 24.3. The number of rotatable bonds is 8. The van der Waals surface area contributed by atoms with Crippen molar-refractivity contribution in [3.63, 3.8) is 0 Å². The molecule has 34 heavy (non-hydrogen) atoms. The lowest BCUT2D eigenvalue weighted by atomic mass is 9.89. The highest BCUT2D eigenvalue weighted by atomic mass is 32.1. The van der Waals surface area contributed by atoms with Gasteiger partial charge in [0.05, 0.1) is 24.2 Å². The summed E-state index contributed by atoms with van der Waals surface area (Å²) < 4.78 is 13.3. The van der Waals surface area contributed by atoms with Gasteiger partial charge in [-0.3, -0.25) is 0 Å². The van der Waals surface area contributed by atoms with Gasteiger partial charge in [-0.1, -0.05) is 26.2 Å². The minimum atomic E-state index is -0.406. The zero-order valence-electron chi connectivity index (χ0n) is 20.6. The maximum atomic E-state index is 12.5. The van der Waals surface area contributed by atoms with Gasteiger partial charge in [0.2, 0.25) is 0 Å². The molecule has 7 heteroatoms. The number of benzene rings is 1. The molecule has 1 aliphatic rings. The van der Waals surface area contributed by atoms with Crippen molar-refractivity contribution in [2.75, 3.05) is 7.11 Å². The first-order valence-electron chi connectivity index (χ1n) is 12.3. The van der Waals surface area contributed by atoms with Gasteiger partial charge < -0.3 is 19.4 Å². The van der Waals surface area contributed by atoms with Crippen LogP contribution in [0.15, 0.2) is 35.7 Å². The molecule has 1 N–H and O–H groups in total. The average molecular weight is 482 g/mol. The largest absolute Gasteiger partial charge is 0.497 e. The van der Waals surface area contributed by atoms with Crippen LogP contribution >= 0.6 is 11.3 Å². The van der Waals surface area contributed by atoms with Crippen LogP contribution in [0.5, 0.6) is 11.5 Å². The molecule has 1 fully saturated rings. The summed E-state index contributed by atoms with van der Waals surface area (Å²) in [6, 6.07) is 10.0. The Kier molecular flexibility index (Phi) is 7.93. The Morgan fingerprint density at radius 1 is 1.24 bits per heavy atom. The molecular weight excluding hydrogens is 446 g/mol. The molecule has 0 bridgehead atoms. The van der Waals surface area contributed by atoms with E-state index in [0.29, 0.717) is 11.7 Å². The lowest BCUT2D eigenvalue weighted by Crippen LogP contribution is -2.34. The Labute approximate surface area is 206 Å². The minimum absolute atomic E-state index is 0.0715. The minimum Gasteiger partial charge on any atom is -0.497 e. The predicted octanol–water partition coefficient (Wildman–Crippen LogP) is 7.06. The van der Waals surface area contributed by atoms with E-state index in [2.05, 4.69) is 15.3 Å². The van der Waals surface area contributed by atoms with Gasteiger partial charge in [-0.25, -0.2) is 9.78 Å². The molecule has 2 aromatic heterocycles. The zero-order valence-corrected chi connectivity index (χ0v) is 21.4. The number of hydrogen-bond donors (Lipinski definition) is 1. The lowest BCUT2D eigenvalue weighted by molar-refractivity contribution is 0.196. The van der Waals surface area contributed by atoms with E-state index >= 15 is 0 Å². The molecule has 0 spiro atoms. The molecule has 4 rings (SSSR count). The van der Waals surface area contributed by atoms with Crippen molar-refractivity contribution in [2.24, 2.45) is 5.92 Å². The summed E-state index contributed by atoms with van der Waals surface area (Å²) in [6.45, 7) is 6.98. The summed E-state index contributed by atoms with van der Waals surface area (Å²) in [4.78, 5) is 17.4. The molecule has 1 amide bonds. The molecule has 1 aromatic carbocycles. The summed E-state index contributed by atoms with van der Waals surface area (Å²) in [6.07, 6.45) is 6.85. The molecule has 0 aliphatic heterocycles. The van der Waals surface area contributed by atoms with Gasteiger partial charge in [-0.05, 0) is 63.3 Å². The average Bonchev–Trinajstić information content (AvgIpc) is 3.46. The van der Waals surface area contributed by atoms with E-state index in [-0.39, 0.29) is 6.04 Å². The number of carbonyl (C=O) groups excluding carboxylic acids is 1. The van der Waals surface area contributed by atoms with Crippen LogP contribution in [-0.4, -0.2) is 28.8 Å². The van der Waals surface area contributed by atoms with Gasteiger partial charge in [0, 0.05) is 29.6 Å². The number of hydrogen-bond acceptors (Lipinski definition) is 5. The summed E-state index contributed by atoms with van der Waals surface area (Å²) in [5.41, 5.74) is 3.94. The number of methoxy groups -OCH3 is 1. The van der Waals surface area contributed by atoms with Crippen LogP contribution < -0.4 is 14.8 Å². The maximum absolute atomic E-state index is 12.5. The summed E-state index contributed by atoms with van der Waals surface area (Å²) >= 11 is 1.62. The van der Waals surface area contributed by atoms with Crippen molar-refractivity contribution in [2.45, 2.75) is 71.9 Å². The number of thiazole rings is 1. The van der Waals surface area contributed by atoms with E-state index in [1.54, 1.807) is 18.4 Å². The fourth-order valence-electron chi connectivity index (χ4n) is 4.49. The molecule has 1 unspecified atom stereocenters. The number of nitrogens with one attached hydrogen (secondary N) is 1. The summed E-state index contributed by atoms with van der Waals surface area (Å²) in [5.74, 6) is 2.07. The van der Waals surface area contributed by atoms with Crippen LogP contribution in [0.4, 0.5) is 4.79 Å². The van der Waals surface area contributed by atoms with Crippen LogP contribution in [-0.2, 0) is 6.54 Å². The third kappa shape index (κ3) is 5.63. The molecule has 1 saturated carbocycles. The lowest BCUT2D eigenvalue weighted by Gasteiger charge is -2.24. The highest BCUT2D eigenvalue weighted by Crippen LogP contribution is 2.36. The van der Waals surface area contributed by atoms with E-state index in [0.717, 1.165) is 46.4 Å². The van der Waals surface area contributed by atoms with Crippen molar-refractivity contribution >= 4 is 17.4 Å². The van der Waals surface area contributed by atoms with Crippen LogP contribution in [0.3, 0.4) is 0 Å². The topological polar surface area (TPSA) is 65.4 Å². The van der Waals surface area contributed by atoms with E-state index < -0.39 is 6.09 Å². The number of nitrogens with zero attached hydrogens (tertiary/aromatic N) is 2. The Morgan fingerprint density at radius 2 is 1.97 bits per heavy atom. The van der Waals surface area contributed by atoms with Crippen LogP contribution in [0.25, 0.3) is 22.0 Å². The third-order valence-corrected chi connectivity index (χ3v) is 7.66. The Balaban J connectivity index is 1.64. The van der Waals surface area contributed by atoms with Crippen molar-refractivity contribution in [3.8, 4) is 33.5 Å². The fourth-order valence-corrected chi connectivity index (χ4v) is 5.31. The van der Waals surface area contributed by atoms with Crippen molar-refractivity contribution < 1.29 is 14.3 Å². The number of amides is 1. The highest BCUT2D eigenvalue weighted by molar-refractivity contribution is 7.13. The number of ether oxygens (including phenoxy) is 2. The molecule has 182 valence electrons. The smallest absolute Gasteiger partial charge is 0.412 e. The zero-order chi connectivity index (χ0) is 24.1. The molecule has 2 heterocycles. The molecule has 6 nitrogen and oxygen atoms in total. The van der Waals surface area contributed by atoms with Crippen molar-refractivity contribution in [1.82, 2.24) is 14.9 Å². The van der Waals surface area contributed by atoms with Crippen molar-refractivity contribution in [1.29, 1.82) is 0 Å². The molecule has 0 radical (unpaired) electrons. The molecular formula is C27H35N3O3S. The first-order valence-corrected chi connectivity index (χ1v) is 13.1. The molecule has 0 saturated heterocycles. The predicted molar refractivity (Wildman–Crippen MR) is 138 cm³/mol. The third-order valence-electron chi connectivity index (χ3n) is 6.77. The maximum Gasteiger partial charge on any atom is 0.412 e. The summed E-state index contributed by atoms with van der Waals surface area (Å²) in [7, 11) is 1.67. The normalized spacial score (nSPS) is 15.2. The van der Waals surface area contributed by atoms with Crippen LogP contribution in [0.2, 0.25) is 0 Å². The first-order chi connectivity index (χ1) is 16.5. The Morgan fingerprint density at radius 3 is 2.65 bits per heavy atom. The Hall–Kier alpha value is -2.80. The number of aromatic nitrogens is 2. The standard InChI is InChI=1S/C27H35N3O3S/c1-5-18(2)28-27(31)33-25-15-24(30(19(25)3)16-20-9-7-6-8-10-20)23-17-34-26(29-23)21-11-13-22(32-4)14-12-21/h11-15,17-18,20H,5-10,16H2,1-4H3,(H,28,31). The van der Waals surface area contributed by atoms with Crippen molar-refractivity contribution in [3.05, 3.63) is 41.4 Å². The van der Waals surface area contributed by atoms with E-state index in [1.165, 1.54) is 32.1 Å². The quantitative estimate of drug-likeness (QED) is 0.374. The second kappa shape index (κ2) is 11.1. The summed E-state index contributed by atoms with van der Waals surface area (Å²) in [5, 5.41) is 5.94.